The minimum absolute atomic E-state index is 0.00576. The van der Waals surface area contributed by atoms with Crippen LogP contribution in [0.15, 0.2) is 60.7 Å². The summed E-state index contributed by atoms with van der Waals surface area (Å²) in [6, 6.07) is 15.3. The number of carboxylic acid groups (broad SMARTS) is 1. The molecule has 0 unspecified atom stereocenters. The van der Waals surface area contributed by atoms with Crippen molar-refractivity contribution in [3.8, 4) is 29.0 Å². The van der Waals surface area contributed by atoms with Gasteiger partial charge in [-0.1, -0.05) is 12.1 Å². The maximum absolute atomic E-state index is 15.3. The van der Waals surface area contributed by atoms with Gasteiger partial charge in [0.1, 0.15) is 41.1 Å². The van der Waals surface area contributed by atoms with Crippen LogP contribution in [0.1, 0.15) is 39.3 Å². The molecule has 230 valence electrons. The maximum Gasteiger partial charge on any atom is 0.335 e. The number of carboxylic acids is 1. The summed E-state index contributed by atoms with van der Waals surface area (Å²) in [6.07, 6.45) is 1.20. The Morgan fingerprint density at radius 2 is 1.76 bits per heavy atom. The van der Waals surface area contributed by atoms with Crippen LogP contribution in [0, 0.1) is 28.8 Å². The second-order valence-electron chi connectivity index (χ2n) is 10.1. The van der Waals surface area contributed by atoms with Crippen molar-refractivity contribution in [1.29, 1.82) is 5.26 Å². The molecule has 3 heterocycles. The summed E-state index contributed by atoms with van der Waals surface area (Å²) in [5, 5.41) is 18.3. The first-order chi connectivity index (χ1) is 21.7. The average Bonchev–Trinajstić information content (AvgIpc) is 3.31. The number of halogens is 3. The van der Waals surface area contributed by atoms with Crippen LogP contribution in [0.5, 0.6) is 11.6 Å². The smallest absolute Gasteiger partial charge is 0.335 e. The van der Waals surface area contributed by atoms with Crippen molar-refractivity contribution in [2.45, 2.75) is 19.4 Å². The van der Waals surface area contributed by atoms with Crippen LogP contribution in [0.25, 0.3) is 22.3 Å². The normalized spacial score (nSPS) is 12.1. The van der Waals surface area contributed by atoms with E-state index in [9.17, 15) is 14.3 Å². The fourth-order valence-electron chi connectivity index (χ4n) is 4.51. The van der Waals surface area contributed by atoms with Gasteiger partial charge in [-0.15, -0.1) is 0 Å². The second kappa shape index (κ2) is 13.5. The molecule has 5 aromatic rings. The van der Waals surface area contributed by atoms with E-state index in [1.54, 1.807) is 17.7 Å². The largest absolute Gasteiger partial charge is 0.494 e. The number of nitriles is 1. The highest BCUT2D eigenvalue weighted by molar-refractivity contribution is 5.95. The Morgan fingerprint density at radius 3 is 2.40 bits per heavy atom. The zero-order chi connectivity index (χ0) is 32.1. The number of imidazole rings is 1. The molecule has 45 heavy (non-hydrogen) atoms. The van der Waals surface area contributed by atoms with Crippen molar-refractivity contribution in [3.63, 3.8) is 0 Å². The molecule has 1 aliphatic rings. The molecule has 1 N–H and O–H groups in total. The fourth-order valence-corrected chi connectivity index (χ4v) is 4.51. The number of aryl methyl sites for hydroxylation is 1. The van der Waals surface area contributed by atoms with Gasteiger partial charge in [0.15, 0.2) is 0 Å². The fraction of sp³-hybridized carbons (Fsp3) is 0.212. The summed E-state index contributed by atoms with van der Waals surface area (Å²) in [5.74, 6) is -2.47. The second-order valence-corrected chi connectivity index (χ2v) is 10.1. The Kier molecular flexibility index (Phi) is 9.30. The molecular weight excluding hydrogens is 589 g/mol. The van der Waals surface area contributed by atoms with Crippen molar-refractivity contribution in [1.82, 2.24) is 14.5 Å². The van der Waals surface area contributed by atoms with Gasteiger partial charge in [0, 0.05) is 43.9 Å². The van der Waals surface area contributed by atoms with E-state index in [0.717, 1.165) is 31.4 Å². The Morgan fingerprint density at radius 1 is 1.02 bits per heavy atom. The predicted octanol–water partition coefficient (Wildman–Crippen LogP) is 6.21. The summed E-state index contributed by atoms with van der Waals surface area (Å²) >= 11 is 0. The van der Waals surface area contributed by atoms with Crippen LogP contribution < -0.4 is 9.47 Å². The molecule has 12 heteroatoms. The lowest BCUT2D eigenvalue weighted by Crippen LogP contribution is -2.09. The van der Waals surface area contributed by atoms with Gasteiger partial charge in [0.25, 0.3) is 0 Å². The summed E-state index contributed by atoms with van der Waals surface area (Å²) in [6.45, 7) is 1.82. The van der Waals surface area contributed by atoms with Gasteiger partial charge in [-0.25, -0.2) is 27.9 Å². The number of benzene rings is 3. The number of methoxy groups -OCH3 is 1. The third kappa shape index (κ3) is 6.89. The quantitative estimate of drug-likeness (QED) is 0.219. The number of carbonyl (C=O) groups is 1. The Hall–Kier alpha value is -5.41. The third-order valence-electron chi connectivity index (χ3n) is 7.13. The van der Waals surface area contributed by atoms with Gasteiger partial charge in [-0.3, -0.25) is 0 Å². The molecule has 0 atom stereocenters. The average molecular weight is 617 g/mol. The Balaban J connectivity index is 0.000000927. The standard InChI is InChI=1S/C30H21F3N4O4.C3H6O/c1-37-25-10-19(30(38)39)11-26(40-2)29(25)36-27(37)12-18-9-23(33)20(13-22(18)32)24-4-3-5-28(35-24)41-15-17-7-6-16(14-34)8-21(17)31;1-2-4-3-1/h3-11,13H,12,15H2,1-2H3,(H,38,39);1-3H2. The molecule has 0 radical (unpaired) electrons. The number of ether oxygens (including phenoxy) is 3. The molecule has 1 fully saturated rings. The van der Waals surface area contributed by atoms with Crippen LogP contribution in [-0.4, -0.2) is 45.9 Å². The Labute approximate surface area is 256 Å². The van der Waals surface area contributed by atoms with E-state index in [1.807, 2.05) is 6.07 Å². The number of fused-ring (bicyclic) bond motifs is 1. The number of nitrogens with zero attached hydrogens (tertiary/aromatic N) is 4. The molecule has 2 aromatic heterocycles. The first kappa shape index (κ1) is 31.0. The molecule has 0 amide bonds. The van der Waals surface area contributed by atoms with Gasteiger partial charge >= 0.3 is 5.97 Å². The van der Waals surface area contributed by atoms with E-state index in [0.29, 0.717) is 16.9 Å². The van der Waals surface area contributed by atoms with Crippen LogP contribution in [-0.2, 0) is 24.8 Å². The first-order valence-corrected chi connectivity index (χ1v) is 13.8. The van der Waals surface area contributed by atoms with E-state index in [-0.39, 0.29) is 58.2 Å². The van der Waals surface area contributed by atoms with Crippen molar-refractivity contribution < 1.29 is 37.3 Å². The number of aromatic carboxylic acids is 1. The number of hydrogen-bond acceptors (Lipinski definition) is 7. The molecular formula is C33H27F3N4O5. The van der Waals surface area contributed by atoms with E-state index in [1.165, 1.54) is 49.9 Å². The van der Waals surface area contributed by atoms with E-state index in [2.05, 4.69) is 9.97 Å². The lowest BCUT2D eigenvalue weighted by molar-refractivity contribution is 0.0367. The highest BCUT2D eigenvalue weighted by Gasteiger charge is 2.19. The molecule has 0 bridgehead atoms. The lowest BCUT2D eigenvalue weighted by atomic mass is 10.0. The number of aromatic nitrogens is 3. The van der Waals surface area contributed by atoms with Crippen molar-refractivity contribution in [2.75, 3.05) is 20.3 Å². The Bertz CT molecular complexity index is 1930. The van der Waals surface area contributed by atoms with Gasteiger partial charge in [0.05, 0.1) is 35.5 Å². The molecule has 1 saturated heterocycles. The van der Waals surface area contributed by atoms with E-state index < -0.39 is 23.4 Å². The molecule has 6 rings (SSSR count). The molecule has 3 aromatic carbocycles. The summed E-state index contributed by atoms with van der Waals surface area (Å²) in [4.78, 5) is 20.2. The SMILES string of the molecule is C1COC1.COc1cc(C(=O)O)cc2c1nc(Cc1cc(F)c(-c3cccc(OCc4ccc(C#N)cc4F)n3)cc1F)n2C. The van der Waals surface area contributed by atoms with E-state index in [4.69, 9.17) is 19.5 Å². The number of pyridine rings is 1. The zero-order valence-electron chi connectivity index (χ0n) is 24.3. The van der Waals surface area contributed by atoms with Gasteiger partial charge in [-0.2, -0.15) is 5.26 Å². The highest BCUT2D eigenvalue weighted by Crippen LogP contribution is 2.30. The molecule has 9 nitrogen and oxygen atoms in total. The number of rotatable bonds is 8. The maximum atomic E-state index is 15.3. The molecule has 0 spiro atoms. The van der Waals surface area contributed by atoms with Gasteiger partial charge < -0.3 is 23.9 Å². The van der Waals surface area contributed by atoms with Crippen molar-refractivity contribution >= 4 is 17.0 Å². The summed E-state index contributed by atoms with van der Waals surface area (Å²) in [5.41, 5.74) is 1.30. The highest BCUT2D eigenvalue weighted by atomic mass is 19.1. The topological polar surface area (TPSA) is 119 Å². The van der Waals surface area contributed by atoms with Crippen LogP contribution >= 0.6 is 0 Å². The van der Waals surface area contributed by atoms with Gasteiger partial charge in [-0.05, 0) is 54.4 Å². The first-order valence-electron chi connectivity index (χ1n) is 13.8. The summed E-state index contributed by atoms with van der Waals surface area (Å²) < 4.78 is 61.9. The zero-order valence-corrected chi connectivity index (χ0v) is 24.3. The minimum Gasteiger partial charge on any atom is -0.494 e. The van der Waals surface area contributed by atoms with Crippen LogP contribution in [0.4, 0.5) is 13.2 Å². The lowest BCUT2D eigenvalue weighted by Gasteiger charge is -2.11. The summed E-state index contributed by atoms with van der Waals surface area (Å²) in [7, 11) is 3.04. The third-order valence-corrected chi connectivity index (χ3v) is 7.13. The van der Waals surface area contributed by atoms with Crippen LogP contribution in [0.3, 0.4) is 0 Å². The molecule has 1 aliphatic heterocycles. The molecule has 0 saturated carbocycles. The van der Waals surface area contributed by atoms with Crippen LogP contribution in [0.2, 0.25) is 0 Å². The van der Waals surface area contributed by atoms with Gasteiger partial charge in [0.2, 0.25) is 5.88 Å². The van der Waals surface area contributed by atoms with E-state index >= 15 is 8.78 Å². The number of hydrogen-bond donors (Lipinski definition) is 1. The predicted molar refractivity (Wildman–Crippen MR) is 158 cm³/mol. The molecule has 0 aliphatic carbocycles. The minimum atomic E-state index is -1.14. The monoisotopic (exact) mass is 616 g/mol. The van der Waals surface area contributed by atoms with Crippen molar-refractivity contribution in [2.24, 2.45) is 7.05 Å². The van der Waals surface area contributed by atoms with Crippen molar-refractivity contribution in [3.05, 3.63) is 106 Å².